The van der Waals surface area contributed by atoms with E-state index in [0.717, 1.165) is 11.6 Å². The Balaban J connectivity index is 1.80. The summed E-state index contributed by atoms with van der Waals surface area (Å²) in [7, 11) is 0. The molecule has 1 aromatic carbocycles. The Kier molecular flexibility index (Phi) is 2.78. The van der Waals surface area contributed by atoms with Gasteiger partial charge >= 0.3 is 0 Å². The zero-order valence-corrected chi connectivity index (χ0v) is 11.1. The van der Waals surface area contributed by atoms with Crippen LogP contribution in [0, 0.1) is 6.92 Å². The molecule has 0 atom stereocenters. The van der Waals surface area contributed by atoms with Gasteiger partial charge in [-0.2, -0.15) is 5.10 Å². The maximum atomic E-state index is 6.03. The molecule has 0 amide bonds. The number of halogens is 1. The SMILES string of the molecule is Cc1nn(Cc2ccc(C3CC3)cc2)c(N)c1Cl. The minimum absolute atomic E-state index is 0.542. The molecule has 0 saturated heterocycles. The average molecular weight is 262 g/mol. The molecule has 1 aliphatic carbocycles. The van der Waals surface area contributed by atoms with E-state index in [0.29, 0.717) is 17.4 Å². The van der Waals surface area contributed by atoms with Crippen LogP contribution < -0.4 is 5.73 Å². The first-order valence-electron chi connectivity index (χ1n) is 6.22. The van der Waals surface area contributed by atoms with E-state index in [1.807, 2.05) is 6.92 Å². The van der Waals surface area contributed by atoms with Crippen LogP contribution in [-0.4, -0.2) is 9.78 Å². The van der Waals surface area contributed by atoms with Crippen molar-refractivity contribution in [2.75, 3.05) is 5.73 Å². The van der Waals surface area contributed by atoms with Crippen molar-refractivity contribution in [1.82, 2.24) is 9.78 Å². The van der Waals surface area contributed by atoms with Gasteiger partial charge in [0.25, 0.3) is 0 Å². The maximum Gasteiger partial charge on any atom is 0.141 e. The predicted molar refractivity (Wildman–Crippen MR) is 73.9 cm³/mol. The first kappa shape index (κ1) is 11.6. The lowest BCUT2D eigenvalue weighted by atomic mass is 10.1. The van der Waals surface area contributed by atoms with E-state index in [2.05, 4.69) is 29.4 Å². The monoisotopic (exact) mass is 261 g/mol. The van der Waals surface area contributed by atoms with Gasteiger partial charge in [-0.15, -0.1) is 0 Å². The van der Waals surface area contributed by atoms with Crippen molar-refractivity contribution in [3.8, 4) is 0 Å². The Labute approximate surface area is 112 Å². The van der Waals surface area contributed by atoms with Crippen LogP contribution in [0.25, 0.3) is 0 Å². The van der Waals surface area contributed by atoms with Gasteiger partial charge < -0.3 is 5.73 Å². The normalized spacial score (nSPS) is 15.0. The van der Waals surface area contributed by atoms with E-state index in [4.69, 9.17) is 17.3 Å². The second-order valence-corrected chi connectivity index (χ2v) is 5.34. The number of anilines is 1. The molecule has 2 N–H and O–H groups in total. The van der Waals surface area contributed by atoms with E-state index in [1.165, 1.54) is 24.0 Å². The highest BCUT2D eigenvalue weighted by Crippen LogP contribution is 2.39. The predicted octanol–water partition coefficient (Wildman–Crippen LogP) is 3.35. The van der Waals surface area contributed by atoms with Gasteiger partial charge in [0, 0.05) is 0 Å². The smallest absolute Gasteiger partial charge is 0.141 e. The number of rotatable bonds is 3. The molecule has 0 radical (unpaired) electrons. The summed E-state index contributed by atoms with van der Waals surface area (Å²) in [6, 6.07) is 8.72. The quantitative estimate of drug-likeness (QED) is 0.921. The molecule has 0 spiro atoms. The molecular weight excluding hydrogens is 246 g/mol. The summed E-state index contributed by atoms with van der Waals surface area (Å²) in [6.45, 7) is 2.54. The summed E-state index contributed by atoms with van der Waals surface area (Å²) in [5.74, 6) is 1.34. The number of nitrogens with zero attached hydrogens (tertiary/aromatic N) is 2. The molecule has 3 nitrogen and oxygen atoms in total. The molecule has 0 unspecified atom stereocenters. The molecule has 1 aromatic heterocycles. The number of hydrogen-bond acceptors (Lipinski definition) is 2. The Hall–Kier alpha value is -1.48. The topological polar surface area (TPSA) is 43.8 Å². The zero-order valence-electron chi connectivity index (χ0n) is 10.4. The second kappa shape index (κ2) is 4.32. The summed E-state index contributed by atoms with van der Waals surface area (Å²) in [5, 5.41) is 4.89. The Morgan fingerprint density at radius 1 is 1.33 bits per heavy atom. The molecule has 3 rings (SSSR count). The van der Waals surface area contributed by atoms with Crippen LogP contribution >= 0.6 is 11.6 Å². The van der Waals surface area contributed by atoms with Gasteiger partial charge in [0.15, 0.2) is 0 Å². The molecule has 1 saturated carbocycles. The zero-order chi connectivity index (χ0) is 12.7. The number of aromatic nitrogens is 2. The molecule has 18 heavy (non-hydrogen) atoms. The van der Waals surface area contributed by atoms with Crippen molar-refractivity contribution < 1.29 is 0 Å². The summed E-state index contributed by atoms with van der Waals surface area (Å²) in [5.41, 5.74) is 9.33. The molecule has 0 aliphatic heterocycles. The van der Waals surface area contributed by atoms with Crippen molar-refractivity contribution in [3.63, 3.8) is 0 Å². The second-order valence-electron chi connectivity index (χ2n) is 4.96. The number of nitrogens with two attached hydrogens (primary N) is 1. The van der Waals surface area contributed by atoms with Crippen LogP contribution in [0.15, 0.2) is 24.3 Å². The fourth-order valence-electron chi connectivity index (χ4n) is 2.18. The lowest BCUT2D eigenvalue weighted by Gasteiger charge is -2.05. The Morgan fingerprint density at radius 2 is 2.00 bits per heavy atom. The van der Waals surface area contributed by atoms with E-state index < -0.39 is 0 Å². The number of hydrogen-bond donors (Lipinski definition) is 1. The first-order valence-corrected chi connectivity index (χ1v) is 6.60. The summed E-state index contributed by atoms with van der Waals surface area (Å²) in [6.07, 6.45) is 2.67. The highest BCUT2D eigenvalue weighted by Gasteiger charge is 2.22. The standard InChI is InChI=1S/C14H16ClN3/c1-9-13(15)14(16)18(17-9)8-10-2-4-11(5-3-10)12-6-7-12/h2-5,12H,6-8,16H2,1H3. The Morgan fingerprint density at radius 3 is 2.50 bits per heavy atom. The van der Waals surface area contributed by atoms with Crippen molar-refractivity contribution in [3.05, 3.63) is 46.1 Å². The lowest BCUT2D eigenvalue weighted by Crippen LogP contribution is -2.06. The highest BCUT2D eigenvalue weighted by molar-refractivity contribution is 6.33. The van der Waals surface area contributed by atoms with Crippen LogP contribution in [0.4, 0.5) is 5.82 Å². The van der Waals surface area contributed by atoms with Gasteiger partial charge in [0.1, 0.15) is 10.8 Å². The third kappa shape index (κ3) is 2.10. The molecule has 94 valence electrons. The van der Waals surface area contributed by atoms with E-state index in [-0.39, 0.29) is 0 Å². The van der Waals surface area contributed by atoms with E-state index >= 15 is 0 Å². The molecule has 1 fully saturated rings. The molecule has 1 aliphatic rings. The fourth-order valence-corrected chi connectivity index (χ4v) is 2.32. The van der Waals surface area contributed by atoms with Gasteiger partial charge in [0.05, 0.1) is 12.2 Å². The van der Waals surface area contributed by atoms with Crippen molar-refractivity contribution in [1.29, 1.82) is 0 Å². The van der Waals surface area contributed by atoms with Gasteiger partial charge in [-0.3, -0.25) is 0 Å². The van der Waals surface area contributed by atoms with Crippen molar-refractivity contribution in [2.24, 2.45) is 0 Å². The minimum atomic E-state index is 0.542. The van der Waals surface area contributed by atoms with E-state index in [1.54, 1.807) is 4.68 Å². The average Bonchev–Trinajstić information content (AvgIpc) is 3.18. The molecule has 0 bridgehead atoms. The van der Waals surface area contributed by atoms with Gasteiger partial charge in [0.2, 0.25) is 0 Å². The fraction of sp³-hybridized carbons (Fsp3) is 0.357. The maximum absolute atomic E-state index is 6.03. The number of aryl methyl sites for hydroxylation is 1. The summed E-state index contributed by atoms with van der Waals surface area (Å²) < 4.78 is 1.75. The van der Waals surface area contributed by atoms with Crippen molar-refractivity contribution >= 4 is 17.4 Å². The third-order valence-corrected chi connectivity index (χ3v) is 3.92. The largest absolute Gasteiger partial charge is 0.383 e. The van der Waals surface area contributed by atoms with Crippen LogP contribution in [0.2, 0.25) is 5.02 Å². The number of nitrogen functional groups attached to an aromatic ring is 1. The highest BCUT2D eigenvalue weighted by atomic mass is 35.5. The van der Waals surface area contributed by atoms with Gasteiger partial charge in [-0.1, -0.05) is 35.9 Å². The van der Waals surface area contributed by atoms with Gasteiger partial charge in [-0.05, 0) is 36.8 Å². The summed E-state index contributed by atoms with van der Waals surface area (Å²) >= 11 is 6.03. The summed E-state index contributed by atoms with van der Waals surface area (Å²) in [4.78, 5) is 0. The van der Waals surface area contributed by atoms with Crippen LogP contribution in [-0.2, 0) is 6.54 Å². The molecule has 1 heterocycles. The Bertz CT molecular complexity index is 567. The third-order valence-electron chi connectivity index (χ3n) is 3.45. The minimum Gasteiger partial charge on any atom is -0.383 e. The van der Waals surface area contributed by atoms with Crippen LogP contribution in [0.1, 0.15) is 35.6 Å². The van der Waals surface area contributed by atoms with Gasteiger partial charge in [-0.25, -0.2) is 4.68 Å². The number of benzene rings is 1. The van der Waals surface area contributed by atoms with Crippen LogP contribution in [0.3, 0.4) is 0 Å². The molecule has 4 heteroatoms. The molecular formula is C14H16ClN3. The van der Waals surface area contributed by atoms with Crippen LogP contribution in [0.5, 0.6) is 0 Å². The lowest BCUT2D eigenvalue weighted by molar-refractivity contribution is 0.689. The van der Waals surface area contributed by atoms with Crippen molar-refractivity contribution in [2.45, 2.75) is 32.2 Å². The van der Waals surface area contributed by atoms with E-state index in [9.17, 15) is 0 Å². The first-order chi connectivity index (χ1) is 8.65. The molecule has 2 aromatic rings.